The number of hydrogen-bond acceptors (Lipinski definition) is 5. The third-order valence-corrected chi connectivity index (χ3v) is 3.54. The Morgan fingerprint density at radius 3 is 2.69 bits per heavy atom. The van der Waals surface area contributed by atoms with E-state index < -0.39 is 4.92 Å². The fourth-order valence-corrected chi connectivity index (χ4v) is 2.31. The summed E-state index contributed by atoms with van der Waals surface area (Å²) in [5.41, 5.74) is 1.61. The molecule has 0 aliphatic rings. The van der Waals surface area contributed by atoms with Gasteiger partial charge in [-0.25, -0.2) is 0 Å². The van der Waals surface area contributed by atoms with Crippen LogP contribution in [0.15, 0.2) is 67.0 Å². The predicted molar refractivity (Wildman–Crippen MR) is 95.0 cm³/mol. The molecule has 0 aliphatic carbocycles. The monoisotopic (exact) mass is 352 g/mol. The van der Waals surface area contributed by atoms with Crippen LogP contribution in [0.4, 0.5) is 11.4 Å². The van der Waals surface area contributed by atoms with E-state index in [1.807, 2.05) is 24.4 Å². The van der Waals surface area contributed by atoms with E-state index in [0.29, 0.717) is 12.2 Å². The van der Waals surface area contributed by atoms with Gasteiger partial charge in [0.15, 0.2) is 6.61 Å². The maximum atomic E-state index is 12.0. The molecule has 1 amide bonds. The number of nitrogens with zero attached hydrogens (tertiary/aromatic N) is 3. The second-order valence-electron chi connectivity index (χ2n) is 5.49. The Bertz CT molecular complexity index is 892. The summed E-state index contributed by atoms with van der Waals surface area (Å²) in [5.74, 6) is -0.0831. The number of aromatic nitrogens is 2. The number of hydrogen-bond donors (Lipinski definition) is 1. The third-order valence-electron chi connectivity index (χ3n) is 3.54. The Kier molecular flexibility index (Phi) is 5.23. The molecule has 0 saturated heterocycles. The summed E-state index contributed by atoms with van der Waals surface area (Å²) in [4.78, 5) is 22.2. The van der Waals surface area contributed by atoms with E-state index in [2.05, 4.69) is 10.4 Å². The van der Waals surface area contributed by atoms with Gasteiger partial charge in [-0.2, -0.15) is 5.10 Å². The fraction of sp³-hybridized carbons (Fsp3) is 0.111. The van der Waals surface area contributed by atoms with Gasteiger partial charge in [-0.05, 0) is 29.8 Å². The average molecular weight is 352 g/mol. The lowest BCUT2D eigenvalue weighted by Gasteiger charge is -2.08. The van der Waals surface area contributed by atoms with Gasteiger partial charge in [0.25, 0.3) is 11.6 Å². The zero-order valence-electron chi connectivity index (χ0n) is 13.7. The van der Waals surface area contributed by atoms with E-state index in [0.717, 1.165) is 5.56 Å². The number of rotatable bonds is 7. The average Bonchev–Trinajstić information content (AvgIpc) is 3.15. The number of ether oxygens (including phenoxy) is 1. The second kappa shape index (κ2) is 7.93. The van der Waals surface area contributed by atoms with Gasteiger partial charge < -0.3 is 10.1 Å². The zero-order chi connectivity index (χ0) is 18.4. The highest BCUT2D eigenvalue weighted by Crippen LogP contribution is 2.19. The smallest absolute Gasteiger partial charge is 0.273 e. The standard InChI is InChI=1S/C18H16N4O4/c23-18(13-26-17-4-1-3-16(11-17)22(24)25)20-15-7-5-14(6-8-15)12-21-10-2-9-19-21/h1-11H,12-13H2,(H,20,23). The van der Waals surface area contributed by atoms with Crippen molar-refractivity contribution in [1.29, 1.82) is 0 Å². The van der Waals surface area contributed by atoms with Crippen LogP contribution in [0, 0.1) is 10.1 Å². The number of benzene rings is 2. The summed E-state index contributed by atoms with van der Waals surface area (Å²) in [6.45, 7) is 0.410. The summed E-state index contributed by atoms with van der Waals surface area (Å²) in [6, 6.07) is 14.9. The van der Waals surface area contributed by atoms with Crippen molar-refractivity contribution >= 4 is 17.3 Å². The second-order valence-corrected chi connectivity index (χ2v) is 5.49. The largest absolute Gasteiger partial charge is 0.484 e. The molecule has 2 aromatic carbocycles. The van der Waals surface area contributed by atoms with Crippen molar-refractivity contribution in [3.05, 3.63) is 82.7 Å². The highest BCUT2D eigenvalue weighted by molar-refractivity contribution is 5.91. The van der Waals surface area contributed by atoms with Crippen molar-refractivity contribution in [2.24, 2.45) is 0 Å². The van der Waals surface area contributed by atoms with Crippen LogP contribution in [-0.4, -0.2) is 27.2 Å². The minimum absolute atomic E-state index is 0.0873. The molecule has 0 aliphatic heterocycles. The zero-order valence-corrected chi connectivity index (χ0v) is 13.7. The minimum Gasteiger partial charge on any atom is -0.484 e. The van der Waals surface area contributed by atoms with Crippen LogP contribution in [0.25, 0.3) is 0 Å². The maximum absolute atomic E-state index is 12.0. The molecule has 0 unspecified atom stereocenters. The minimum atomic E-state index is -0.516. The van der Waals surface area contributed by atoms with E-state index in [9.17, 15) is 14.9 Å². The van der Waals surface area contributed by atoms with Gasteiger partial charge in [0.05, 0.1) is 17.5 Å². The first-order valence-electron chi connectivity index (χ1n) is 7.83. The summed E-state index contributed by atoms with van der Waals surface area (Å²) in [5, 5.41) is 17.6. The van der Waals surface area contributed by atoms with Crippen molar-refractivity contribution in [2.45, 2.75) is 6.54 Å². The number of nitro benzene ring substituents is 1. The van der Waals surface area contributed by atoms with Crippen molar-refractivity contribution < 1.29 is 14.5 Å². The van der Waals surface area contributed by atoms with Gasteiger partial charge >= 0.3 is 0 Å². The Labute approximate surface area is 149 Å². The molecule has 0 atom stereocenters. The van der Waals surface area contributed by atoms with Crippen LogP contribution < -0.4 is 10.1 Å². The van der Waals surface area contributed by atoms with Crippen LogP contribution in [0.2, 0.25) is 0 Å². The van der Waals surface area contributed by atoms with E-state index in [4.69, 9.17) is 4.74 Å². The van der Waals surface area contributed by atoms with Crippen LogP contribution in [0.3, 0.4) is 0 Å². The van der Waals surface area contributed by atoms with Gasteiger partial charge in [-0.3, -0.25) is 19.6 Å². The third kappa shape index (κ3) is 4.67. The maximum Gasteiger partial charge on any atom is 0.273 e. The number of nitro groups is 1. The molecule has 1 heterocycles. The number of non-ortho nitro benzene ring substituents is 1. The van der Waals surface area contributed by atoms with Gasteiger partial charge in [0.1, 0.15) is 5.75 Å². The summed E-state index contributed by atoms with van der Waals surface area (Å²) in [6.07, 6.45) is 3.59. The molecule has 26 heavy (non-hydrogen) atoms. The molecule has 132 valence electrons. The van der Waals surface area contributed by atoms with E-state index >= 15 is 0 Å². The van der Waals surface area contributed by atoms with Crippen LogP contribution >= 0.6 is 0 Å². The molecule has 0 saturated carbocycles. The van der Waals surface area contributed by atoms with Crippen molar-refractivity contribution in [3.63, 3.8) is 0 Å². The van der Waals surface area contributed by atoms with E-state index in [1.165, 1.54) is 18.2 Å². The lowest BCUT2D eigenvalue weighted by atomic mass is 10.2. The van der Waals surface area contributed by atoms with E-state index in [1.54, 1.807) is 29.1 Å². The lowest BCUT2D eigenvalue weighted by Crippen LogP contribution is -2.20. The van der Waals surface area contributed by atoms with Gasteiger partial charge in [0, 0.05) is 24.1 Å². The van der Waals surface area contributed by atoms with Crippen LogP contribution in [-0.2, 0) is 11.3 Å². The Morgan fingerprint density at radius 1 is 1.19 bits per heavy atom. The number of nitrogens with one attached hydrogen (secondary N) is 1. The first-order valence-corrected chi connectivity index (χ1v) is 7.83. The highest BCUT2D eigenvalue weighted by atomic mass is 16.6. The van der Waals surface area contributed by atoms with Crippen molar-refractivity contribution in [1.82, 2.24) is 9.78 Å². The molecule has 0 spiro atoms. The normalized spacial score (nSPS) is 10.3. The molecule has 1 N–H and O–H groups in total. The fourth-order valence-electron chi connectivity index (χ4n) is 2.31. The molecule has 3 rings (SSSR count). The quantitative estimate of drug-likeness (QED) is 0.521. The van der Waals surface area contributed by atoms with Gasteiger partial charge in [0.2, 0.25) is 0 Å². The highest BCUT2D eigenvalue weighted by Gasteiger charge is 2.08. The Balaban J connectivity index is 1.51. The van der Waals surface area contributed by atoms with E-state index in [-0.39, 0.29) is 24.0 Å². The van der Waals surface area contributed by atoms with Crippen LogP contribution in [0.1, 0.15) is 5.56 Å². The Morgan fingerprint density at radius 2 is 2.00 bits per heavy atom. The van der Waals surface area contributed by atoms with Crippen molar-refractivity contribution in [3.8, 4) is 5.75 Å². The predicted octanol–water partition coefficient (Wildman–Crippen LogP) is 2.86. The molecular weight excluding hydrogens is 336 g/mol. The molecule has 0 bridgehead atoms. The number of carbonyl (C=O) groups excluding carboxylic acids is 1. The first kappa shape index (κ1) is 17.2. The molecule has 0 radical (unpaired) electrons. The molecular formula is C18H16N4O4. The number of carbonyl (C=O) groups is 1. The summed E-state index contributed by atoms with van der Waals surface area (Å²) >= 11 is 0. The topological polar surface area (TPSA) is 99.3 Å². The van der Waals surface area contributed by atoms with Gasteiger partial charge in [-0.1, -0.05) is 18.2 Å². The molecule has 8 heteroatoms. The molecule has 8 nitrogen and oxygen atoms in total. The summed E-state index contributed by atoms with van der Waals surface area (Å²) in [7, 11) is 0. The molecule has 0 fully saturated rings. The molecule has 3 aromatic rings. The number of amides is 1. The number of anilines is 1. The van der Waals surface area contributed by atoms with Gasteiger partial charge in [-0.15, -0.1) is 0 Å². The van der Waals surface area contributed by atoms with Crippen molar-refractivity contribution in [2.75, 3.05) is 11.9 Å². The summed E-state index contributed by atoms with van der Waals surface area (Å²) < 4.78 is 7.10. The van der Waals surface area contributed by atoms with Crippen LogP contribution in [0.5, 0.6) is 5.75 Å². The SMILES string of the molecule is O=C(COc1cccc([N+](=O)[O-])c1)Nc1ccc(Cn2cccn2)cc1. The first-order chi connectivity index (χ1) is 12.6. The Hall–Kier alpha value is -3.68. The molecule has 1 aromatic heterocycles. The lowest BCUT2D eigenvalue weighted by molar-refractivity contribution is -0.384.